The lowest BCUT2D eigenvalue weighted by molar-refractivity contribution is 0.176. The first-order chi connectivity index (χ1) is 5.66. The summed E-state index contributed by atoms with van der Waals surface area (Å²) in [6.07, 6.45) is 4.26. The van der Waals surface area contributed by atoms with E-state index in [-0.39, 0.29) is 0 Å². The van der Waals surface area contributed by atoms with Gasteiger partial charge in [-0.3, -0.25) is 0 Å². The Bertz CT molecular complexity index is 142. The van der Waals surface area contributed by atoms with E-state index in [1.54, 1.807) is 0 Å². The summed E-state index contributed by atoms with van der Waals surface area (Å²) < 4.78 is 6.06. The van der Waals surface area contributed by atoms with Crippen LogP contribution in [0.15, 0.2) is 0 Å². The fourth-order valence-electron chi connectivity index (χ4n) is 1.99. The monoisotopic (exact) mass is 206 g/mol. The van der Waals surface area contributed by atoms with Gasteiger partial charge in [0.25, 0.3) is 0 Å². The molecular formula is C9H19ClOSi. The Kier molecular flexibility index (Phi) is 4.07. The largest absolute Gasteiger partial charge is 0.414 e. The van der Waals surface area contributed by atoms with E-state index in [9.17, 15) is 0 Å². The van der Waals surface area contributed by atoms with E-state index in [2.05, 4.69) is 13.5 Å². The van der Waals surface area contributed by atoms with Gasteiger partial charge in [-0.15, -0.1) is 11.6 Å². The first kappa shape index (κ1) is 10.5. The maximum Gasteiger partial charge on any atom is 0.190 e. The van der Waals surface area contributed by atoms with Gasteiger partial charge in [-0.1, -0.05) is 6.42 Å². The fraction of sp³-hybridized carbons (Fsp3) is 1.00. The van der Waals surface area contributed by atoms with Crippen molar-refractivity contribution in [3.63, 3.8) is 0 Å². The summed E-state index contributed by atoms with van der Waals surface area (Å²) in [5.74, 6) is 0.792. The van der Waals surface area contributed by atoms with Crippen LogP contribution in [0.3, 0.4) is 0 Å². The summed E-state index contributed by atoms with van der Waals surface area (Å²) in [5.41, 5.74) is 0. The van der Waals surface area contributed by atoms with Crippen molar-refractivity contribution < 1.29 is 4.43 Å². The second-order valence-corrected chi connectivity index (χ2v) is 8.58. The summed E-state index contributed by atoms with van der Waals surface area (Å²) in [5, 5.41) is 0. The lowest BCUT2D eigenvalue weighted by Crippen LogP contribution is -2.41. The van der Waals surface area contributed by atoms with Gasteiger partial charge in [-0.05, 0) is 38.4 Å². The van der Waals surface area contributed by atoms with E-state index in [4.69, 9.17) is 16.0 Å². The highest BCUT2D eigenvalue weighted by molar-refractivity contribution is 6.72. The number of alkyl halides is 1. The van der Waals surface area contributed by atoms with Crippen LogP contribution >= 0.6 is 11.6 Å². The summed E-state index contributed by atoms with van der Waals surface area (Å²) in [7, 11) is -1.31. The van der Waals surface area contributed by atoms with Gasteiger partial charge in [-0.2, -0.15) is 0 Å². The Balaban J connectivity index is 2.35. The van der Waals surface area contributed by atoms with Crippen molar-refractivity contribution in [1.29, 1.82) is 0 Å². The second kappa shape index (κ2) is 4.63. The van der Waals surface area contributed by atoms with Gasteiger partial charge in [0.05, 0.1) is 0 Å². The molecule has 12 heavy (non-hydrogen) atoms. The van der Waals surface area contributed by atoms with Crippen LogP contribution in [0.5, 0.6) is 0 Å². The SMILES string of the molecule is CC1CCC[Si](C)(CCCCl)O1. The Morgan fingerprint density at radius 2 is 2.33 bits per heavy atom. The molecule has 0 bridgehead atoms. The zero-order valence-corrected chi connectivity index (χ0v) is 9.86. The number of hydrogen-bond acceptors (Lipinski definition) is 1. The van der Waals surface area contributed by atoms with Crippen LogP contribution in [0.4, 0.5) is 0 Å². The Hall–Kier alpha value is 0.467. The third-order valence-electron chi connectivity index (χ3n) is 2.64. The highest BCUT2D eigenvalue weighted by atomic mass is 35.5. The van der Waals surface area contributed by atoms with Crippen molar-refractivity contribution >= 4 is 19.9 Å². The van der Waals surface area contributed by atoms with Crippen LogP contribution in [0.2, 0.25) is 18.6 Å². The molecule has 3 heteroatoms. The third kappa shape index (κ3) is 3.07. The van der Waals surface area contributed by atoms with Gasteiger partial charge in [0.1, 0.15) is 0 Å². The number of halogens is 1. The van der Waals surface area contributed by atoms with Crippen LogP contribution in [0.1, 0.15) is 26.2 Å². The molecule has 0 aromatic rings. The van der Waals surface area contributed by atoms with Gasteiger partial charge in [0.2, 0.25) is 0 Å². The normalized spacial score (nSPS) is 36.8. The minimum absolute atomic E-state index is 0.505. The van der Waals surface area contributed by atoms with E-state index in [0.29, 0.717) is 6.10 Å². The third-order valence-corrected chi connectivity index (χ3v) is 6.70. The second-order valence-electron chi connectivity index (χ2n) is 4.06. The van der Waals surface area contributed by atoms with E-state index in [1.165, 1.54) is 24.9 Å². The summed E-state index contributed by atoms with van der Waals surface area (Å²) >= 11 is 5.69. The van der Waals surface area contributed by atoms with Crippen molar-refractivity contribution in [3.05, 3.63) is 0 Å². The molecule has 1 saturated heterocycles. The molecular weight excluding hydrogens is 188 g/mol. The molecule has 1 rings (SSSR count). The standard InChI is InChI=1S/C9H19ClOSi/c1-9-5-3-7-12(2,11-9)8-4-6-10/h9H,3-8H2,1-2H3. The highest BCUT2D eigenvalue weighted by Gasteiger charge is 2.33. The molecule has 0 aromatic heterocycles. The number of hydrogen-bond donors (Lipinski definition) is 0. The molecule has 1 nitrogen and oxygen atoms in total. The smallest absolute Gasteiger partial charge is 0.190 e. The van der Waals surface area contributed by atoms with Crippen LogP contribution < -0.4 is 0 Å². The molecule has 0 spiro atoms. The first-order valence-corrected chi connectivity index (χ1v) is 8.26. The van der Waals surface area contributed by atoms with Crippen LogP contribution in [-0.4, -0.2) is 20.3 Å². The summed E-state index contributed by atoms with van der Waals surface area (Å²) in [6.45, 7) is 4.56. The summed E-state index contributed by atoms with van der Waals surface area (Å²) in [4.78, 5) is 0. The zero-order valence-electron chi connectivity index (χ0n) is 8.11. The molecule has 0 amide bonds. The Morgan fingerprint density at radius 3 is 2.92 bits per heavy atom. The molecule has 2 unspecified atom stereocenters. The molecule has 1 aliphatic heterocycles. The van der Waals surface area contributed by atoms with Gasteiger partial charge in [-0.25, -0.2) is 0 Å². The molecule has 1 heterocycles. The van der Waals surface area contributed by atoms with E-state index in [1.807, 2.05) is 0 Å². The lowest BCUT2D eigenvalue weighted by Gasteiger charge is -2.35. The van der Waals surface area contributed by atoms with Crippen molar-refractivity contribution in [2.45, 2.75) is 50.9 Å². The van der Waals surface area contributed by atoms with Crippen LogP contribution in [0, 0.1) is 0 Å². The first-order valence-electron chi connectivity index (χ1n) is 4.90. The van der Waals surface area contributed by atoms with Gasteiger partial charge >= 0.3 is 0 Å². The number of rotatable bonds is 3. The minimum atomic E-state index is -1.31. The van der Waals surface area contributed by atoms with Crippen molar-refractivity contribution in [1.82, 2.24) is 0 Å². The maximum absolute atomic E-state index is 6.06. The van der Waals surface area contributed by atoms with Gasteiger partial charge in [0.15, 0.2) is 8.32 Å². The Labute approximate surface area is 81.6 Å². The molecule has 0 aliphatic carbocycles. The van der Waals surface area contributed by atoms with E-state index < -0.39 is 8.32 Å². The van der Waals surface area contributed by atoms with Crippen molar-refractivity contribution in [2.24, 2.45) is 0 Å². The molecule has 0 radical (unpaired) electrons. The zero-order chi connectivity index (χ0) is 9.03. The quantitative estimate of drug-likeness (QED) is 0.508. The average molecular weight is 207 g/mol. The van der Waals surface area contributed by atoms with Gasteiger partial charge < -0.3 is 4.43 Å². The van der Waals surface area contributed by atoms with E-state index in [0.717, 1.165) is 12.3 Å². The van der Waals surface area contributed by atoms with E-state index >= 15 is 0 Å². The van der Waals surface area contributed by atoms with Crippen molar-refractivity contribution in [3.8, 4) is 0 Å². The molecule has 2 atom stereocenters. The lowest BCUT2D eigenvalue weighted by atomic mass is 10.2. The molecule has 1 aliphatic rings. The predicted molar refractivity (Wildman–Crippen MR) is 56.4 cm³/mol. The molecule has 0 N–H and O–H groups in total. The average Bonchev–Trinajstić information content (AvgIpc) is 2.01. The molecule has 1 fully saturated rings. The molecule has 72 valence electrons. The minimum Gasteiger partial charge on any atom is -0.414 e. The highest BCUT2D eigenvalue weighted by Crippen LogP contribution is 2.29. The van der Waals surface area contributed by atoms with Crippen LogP contribution in [0.25, 0.3) is 0 Å². The topological polar surface area (TPSA) is 9.23 Å². The van der Waals surface area contributed by atoms with Crippen LogP contribution in [-0.2, 0) is 4.43 Å². The fourth-order valence-corrected chi connectivity index (χ4v) is 5.80. The van der Waals surface area contributed by atoms with Crippen molar-refractivity contribution in [2.75, 3.05) is 5.88 Å². The molecule has 0 aromatic carbocycles. The summed E-state index contributed by atoms with van der Waals surface area (Å²) in [6, 6.07) is 2.59. The van der Waals surface area contributed by atoms with Gasteiger partial charge in [0, 0.05) is 12.0 Å². The Morgan fingerprint density at radius 1 is 1.58 bits per heavy atom. The maximum atomic E-state index is 6.06. The predicted octanol–water partition coefficient (Wildman–Crippen LogP) is 3.39. The molecule has 0 saturated carbocycles.